The van der Waals surface area contributed by atoms with Crippen LogP contribution in [0.1, 0.15) is 36.5 Å². The average molecular weight is 548 g/mol. The summed E-state index contributed by atoms with van der Waals surface area (Å²) in [6.07, 6.45) is 4.52. The lowest BCUT2D eigenvalue weighted by Gasteiger charge is -2.25. The SMILES string of the molecule is CCSc1nc(NCCOC)c2cnn(CCNC(=O)c3ccc(S(=O)(=O)N4CCCCC4)cc3)c2n1. The number of benzene rings is 1. The second-order valence-corrected chi connectivity index (χ2v) is 11.7. The fourth-order valence-corrected chi connectivity index (χ4v) is 6.19. The molecule has 0 aliphatic carbocycles. The molecule has 0 saturated carbocycles. The highest BCUT2D eigenvalue weighted by atomic mass is 32.2. The molecule has 0 spiro atoms. The molecule has 3 heterocycles. The van der Waals surface area contributed by atoms with Crippen LogP contribution in [-0.2, 0) is 21.3 Å². The van der Waals surface area contributed by atoms with Crippen LogP contribution in [0, 0.1) is 0 Å². The van der Waals surface area contributed by atoms with Crippen LogP contribution < -0.4 is 10.6 Å². The van der Waals surface area contributed by atoms with E-state index < -0.39 is 10.0 Å². The normalized spacial score (nSPS) is 14.6. The Balaban J connectivity index is 1.39. The van der Waals surface area contributed by atoms with Gasteiger partial charge in [0.05, 0.1) is 29.6 Å². The molecule has 0 atom stereocenters. The van der Waals surface area contributed by atoms with Crippen molar-refractivity contribution in [2.24, 2.45) is 0 Å². The van der Waals surface area contributed by atoms with E-state index in [2.05, 4.69) is 25.7 Å². The lowest BCUT2D eigenvalue weighted by Crippen LogP contribution is -2.35. The molecular weight excluding hydrogens is 514 g/mol. The van der Waals surface area contributed by atoms with Crippen molar-refractivity contribution in [1.29, 1.82) is 0 Å². The van der Waals surface area contributed by atoms with E-state index in [0.717, 1.165) is 30.4 Å². The van der Waals surface area contributed by atoms with Crippen LogP contribution in [0.4, 0.5) is 5.82 Å². The number of hydrogen-bond acceptors (Lipinski definition) is 9. The van der Waals surface area contributed by atoms with Crippen molar-refractivity contribution in [3.63, 3.8) is 0 Å². The number of fused-ring (bicyclic) bond motifs is 1. The molecule has 1 aliphatic rings. The van der Waals surface area contributed by atoms with E-state index in [9.17, 15) is 13.2 Å². The van der Waals surface area contributed by atoms with Crippen molar-refractivity contribution in [1.82, 2.24) is 29.4 Å². The van der Waals surface area contributed by atoms with E-state index in [1.54, 1.807) is 41.9 Å². The minimum Gasteiger partial charge on any atom is -0.383 e. The summed E-state index contributed by atoms with van der Waals surface area (Å²) in [4.78, 5) is 22.1. The number of hydrogen-bond donors (Lipinski definition) is 2. The zero-order valence-electron chi connectivity index (χ0n) is 21.1. The summed E-state index contributed by atoms with van der Waals surface area (Å²) in [6.45, 7) is 5.03. The predicted octanol–water partition coefficient (Wildman–Crippen LogP) is 2.60. The minimum atomic E-state index is -3.53. The highest BCUT2D eigenvalue weighted by molar-refractivity contribution is 7.99. The summed E-state index contributed by atoms with van der Waals surface area (Å²) in [5, 5.41) is 12.1. The Morgan fingerprint density at radius 1 is 1.11 bits per heavy atom. The third kappa shape index (κ3) is 6.58. The Bertz CT molecular complexity index is 1310. The van der Waals surface area contributed by atoms with Crippen LogP contribution in [-0.4, -0.2) is 84.0 Å². The van der Waals surface area contributed by atoms with Crippen LogP contribution in [0.2, 0.25) is 0 Å². The molecule has 13 heteroatoms. The average Bonchev–Trinajstić information content (AvgIpc) is 3.32. The van der Waals surface area contributed by atoms with Gasteiger partial charge in [-0.1, -0.05) is 25.1 Å². The van der Waals surface area contributed by atoms with Gasteiger partial charge in [0.15, 0.2) is 10.8 Å². The Morgan fingerprint density at radius 3 is 2.57 bits per heavy atom. The van der Waals surface area contributed by atoms with E-state index in [1.165, 1.54) is 16.4 Å². The number of sulfonamides is 1. The van der Waals surface area contributed by atoms with Crippen LogP contribution in [0.25, 0.3) is 11.0 Å². The van der Waals surface area contributed by atoms with Gasteiger partial charge in [-0.15, -0.1) is 0 Å². The molecule has 3 aromatic rings. The van der Waals surface area contributed by atoms with Gasteiger partial charge >= 0.3 is 0 Å². The molecule has 1 saturated heterocycles. The van der Waals surface area contributed by atoms with Gasteiger partial charge in [-0.3, -0.25) is 4.79 Å². The molecule has 2 aromatic heterocycles. The highest BCUT2D eigenvalue weighted by Gasteiger charge is 2.26. The van der Waals surface area contributed by atoms with E-state index in [1.807, 2.05) is 6.92 Å². The molecule has 0 unspecified atom stereocenters. The zero-order chi connectivity index (χ0) is 26.3. The maximum atomic E-state index is 12.8. The maximum Gasteiger partial charge on any atom is 0.251 e. The van der Waals surface area contributed by atoms with Crippen LogP contribution in [0.5, 0.6) is 0 Å². The summed E-state index contributed by atoms with van der Waals surface area (Å²) in [5.74, 6) is 1.26. The summed E-state index contributed by atoms with van der Waals surface area (Å²) in [5.41, 5.74) is 1.09. The van der Waals surface area contributed by atoms with Crippen molar-refractivity contribution >= 4 is 44.5 Å². The number of piperidine rings is 1. The Hall–Kier alpha value is -2.74. The van der Waals surface area contributed by atoms with Crippen molar-refractivity contribution in [2.75, 3.05) is 51.0 Å². The number of carbonyl (C=O) groups is 1. The van der Waals surface area contributed by atoms with E-state index in [0.29, 0.717) is 61.5 Å². The summed E-state index contributed by atoms with van der Waals surface area (Å²) in [7, 11) is -1.88. The van der Waals surface area contributed by atoms with Crippen LogP contribution >= 0.6 is 11.8 Å². The number of nitrogens with zero attached hydrogens (tertiary/aromatic N) is 5. The first-order valence-electron chi connectivity index (χ1n) is 12.4. The maximum absolute atomic E-state index is 12.8. The van der Waals surface area contributed by atoms with E-state index >= 15 is 0 Å². The van der Waals surface area contributed by atoms with Crippen molar-refractivity contribution in [3.8, 4) is 0 Å². The van der Waals surface area contributed by atoms with Crippen molar-refractivity contribution in [3.05, 3.63) is 36.0 Å². The summed E-state index contributed by atoms with van der Waals surface area (Å²) >= 11 is 1.54. The third-order valence-corrected chi connectivity index (χ3v) is 8.67. The molecule has 4 rings (SSSR count). The molecule has 37 heavy (non-hydrogen) atoms. The summed E-state index contributed by atoms with van der Waals surface area (Å²) in [6, 6.07) is 6.10. The molecule has 1 aliphatic heterocycles. The first-order chi connectivity index (χ1) is 17.9. The van der Waals surface area contributed by atoms with Crippen molar-refractivity contribution in [2.45, 2.75) is 42.8 Å². The van der Waals surface area contributed by atoms with Crippen LogP contribution in [0.3, 0.4) is 0 Å². The number of anilines is 1. The molecule has 1 aromatic carbocycles. The topological polar surface area (TPSA) is 131 Å². The summed E-state index contributed by atoms with van der Waals surface area (Å²) < 4.78 is 34.0. The van der Waals surface area contributed by atoms with Gasteiger partial charge in [-0.05, 0) is 42.9 Å². The number of rotatable bonds is 12. The quantitative estimate of drug-likeness (QED) is 0.199. The molecule has 200 valence electrons. The van der Waals surface area contributed by atoms with E-state index in [-0.39, 0.29) is 10.8 Å². The number of nitrogens with one attached hydrogen (secondary N) is 2. The molecule has 1 fully saturated rings. The lowest BCUT2D eigenvalue weighted by molar-refractivity contribution is 0.0952. The minimum absolute atomic E-state index is 0.212. The fraction of sp³-hybridized carbons (Fsp3) is 0.500. The predicted molar refractivity (Wildman–Crippen MR) is 143 cm³/mol. The zero-order valence-corrected chi connectivity index (χ0v) is 22.8. The van der Waals surface area contributed by atoms with Gasteiger partial charge in [-0.25, -0.2) is 23.1 Å². The van der Waals surface area contributed by atoms with Gasteiger partial charge in [0.25, 0.3) is 5.91 Å². The number of methoxy groups -OCH3 is 1. The Morgan fingerprint density at radius 2 is 1.86 bits per heavy atom. The molecule has 0 radical (unpaired) electrons. The number of aromatic nitrogens is 4. The first kappa shape index (κ1) is 27.3. The Kier molecular flexibility index (Phi) is 9.35. The van der Waals surface area contributed by atoms with Gasteiger partial charge in [0, 0.05) is 38.9 Å². The molecule has 1 amide bonds. The lowest BCUT2D eigenvalue weighted by atomic mass is 10.2. The third-order valence-electron chi connectivity index (χ3n) is 6.03. The molecule has 11 nitrogen and oxygen atoms in total. The van der Waals surface area contributed by atoms with Gasteiger partial charge in [-0.2, -0.15) is 9.40 Å². The monoisotopic (exact) mass is 547 g/mol. The molecule has 2 N–H and O–H groups in total. The first-order valence-corrected chi connectivity index (χ1v) is 14.8. The fourth-order valence-electron chi connectivity index (χ4n) is 4.11. The largest absolute Gasteiger partial charge is 0.383 e. The second kappa shape index (κ2) is 12.7. The van der Waals surface area contributed by atoms with E-state index in [4.69, 9.17) is 4.74 Å². The number of amides is 1. The number of ether oxygens (including phenoxy) is 1. The van der Waals surface area contributed by atoms with Crippen LogP contribution in [0.15, 0.2) is 40.5 Å². The highest BCUT2D eigenvalue weighted by Crippen LogP contribution is 2.24. The smallest absolute Gasteiger partial charge is 0.251 e. The second-order valence-electron chi connectivity index (χ2n) is 8.56. The standard InChI is InChI=1S/C24H33N7O4S2/c1-3-36-24-28-21(25-12-16-35-2)20-17-27-31(22(20)29-24)15-11-26-23(32)18-7-9-19(10-8-18)37(33,34)30-13-5-4-6-14-30/h7-10,17H,3-6,11-16H2,1-2H3,(H,26,32)(H,25,28,29). The Labute approximate surface area is 221 Å². The van der Waals surface area contributed by atoms with Gasteiger partial charge in [0.2, 0.25) is 10.0 Å². The number of carbonyl (C=O) groups excluding carboxylic acids is 1. The van der Waals surface area contributed by atoms with Gasteiger partial charge < -0.3 is 15.4 Å². The molecule has 0 bridgehead atoms. The van der Waals surface area contributed by atoms with Gasteiger partial charge in [0.1, 0.15) is 5.82 Å². The molecular formula is C24H33N7O4S2. The number of thioether (sulfide) groups is 1. The van der Waals surface area contributed by atoms with Crippen molar-refractivity contribution < 1.29 is 17.9 Å².